The lowest BCUT2D eigenvalue weighted by molar-refractivity contribution is -0.133. The van der Waals surface area contributed by atoms with Gasteiger partial charge in [0.25, 0.3) is 0 Å². The molecule has 1 aromatic heterocycles. The van der Waals surface area contributed by atoms with Crippen LogP contribution in [0.1, 0.15) is 42.4 Å². The number of hydrogen-bond donors (Lipinski definition) is 2. The average Bonchev–Trinajstić information content (AvgIpc) is 3.22. The molecule has 164 valence electrons. The van der Waals surface area contributed by atoms with Gasteiger partial charge in [-0.05, 0) is 23.6 Å². The molecule has 0 saturated carbocycles. The summed E-state index contributed by atoms with van der Waals surface area (Å²) in [4.78, 5) is 24.9. The molecule has 0 saturated heterocycles. The first-order valence-corrected chi connectivity index (χ1v) is 10.7. The molecule has 0 aliphatic carbocycles. The van der Waals surface area contributed by atoms with E-state index in [1.807, 2.05) is 37.3 Å². The van der Waals surface area contributed by atoms with Crippen LogP contribution in [0.25, 0.3) is 0 Å². The molecule has 32 heavy (non-hydrogen) atoms. The van der Waals surface area contributed by atoms with Crippen molar-refractivity contribution in [2.24, 2.45) is 0 Å². The standard InChI is InChI=1S/C24H22ClN3O4/c1-2-8-19-21(23(29)30)20(16-11-6-7-12-18(16)25)17-13-28(27-22(17)26-19)24(31)32-14-15-9-4-3-5-10-15/h3-7,9-13,20H,2,8,14H2,1H3,(H,26,27)(H,29,30). The van der Waals surface area contributed by atoms with Crippen LogP contribution < -0.4 is 5.32 Å². The fourth-order valence-electron chi connectivity index (χ4n) is 3.85. The number of rotatable bonds is 6. The molecule has 0 amide bonds. The smallest absolute Gasteiger partial charge is 0.435 e. The Morgan fingerprint density at radius 1 is 1.12 bits per heavy atom. The number of carboxylic acid groups (broad SMARTS) is 1. The van der Waals surface area contributed by atoms with Gasteiger partial charge in [-0.15, -0.1) is 5.10 Å². The third kappa shape index (κ3) is 4.24. The Morgan fingerprint density at radius 3 is 2.53 bits per heavy atom. The summed E-state index contributed by atoms with van der Waals surface area (Å²) in [6.07, 6.45) is 2.11. The summed E-state index contributed by atoms with van der Waals surface area (Å²) in [6.45, 7) is 2.07. The van der Waals surface area contributed by atoms with E-state index < -0.39 is 18.0 Å². The number of carboxylic acids is 1. The van der Waals surface area contributed by atoms with Crippen molar-refractivity contribution in [1.82, 2.24) is 9.78 Å². The number of halogens is 1. The highest BCUT2D eigenvalue weighted by Gasteiger charge is 2.36. The van der Waals surface area contributed by atoms with Crippen LogP contribution in [0.2, 0.25) is 5.02 Å². The van der Waals surface area contributed by atoms with Crippen molar-refractivity contribution in [3.8, 4) is 0 Å². The number of nitrogens with zero attached hydrogens (tertiary/aromatic N) is 2. The zero-order valence-corrected chi connectivity index (χ0v) is 18.2. The van der Waals surface area contributed by atoms with E-state index in [0.29, 0.717) is 34.1 Å². The molecular formula is C24H22ClN3O4. The van der Waals surface area contributed by atoms with Gasteiger partial charge in [-0.3, -0.25) is 0 Å². The molecule has 3 aromatic rings. The number of fused-ring (bicyclic) bond motifs is 1. The van der Waals surface area contributed by atoms with Crippen molar-refractivity contribution in [1.29, 1.82) is 0 Å². The van der Waals surface area contributed by atoms with Gasteiger partial charge in [-0.25, -0.2) is 9.59 Å². The summed E-state index contributed by atoms with van der Waals surface area (Å²) in [5.74, 6) is -1.30. The number of nitrogens with one attached hydrogen (secondary N) is 1. The van der Waals surface area contributed by atoms with Gasteiger partial charge in [0.1, 0.15) is 6.61 Å². The van der Waals surface area contributed by atoms with E-state index in [1.54, 1.807) is 24.3 Å². The first kappa shape index (κ1) is 21.6. The molecule has 2 N–H and O–H groups in total. The van der Waals surface area contributed by atoms with Gasteiger partial charge in [-0.2, -0.15) is 4.68 Å². The minimum absolute atomic E-state index is 0.102. The number of aromatic nitrogens is 2. The van der Waals surface area contributed by atoms with Crippen molar-refractivity contribution in [2.75, 3.05) is 5.32 Å². The fraction of sp³-hybridized carbons (Fsp3) is 0.208. The topological polar surface area (TPSA) is 93.5 Å². The zero-order valence-electron chi connectivity index (χ0n) is 17.4. The summed E-state index contributed by atoms with van der Waals surface area (Å²) < 4.78 is 6.48. The van der Waals surface area contributed by atoms with Crippen LogP contribution in [0.5, 0.6) is 0 Å². The quantitative estimate of drug-likeness (QED) is 0.520. The fourth-order valence-corrected chi connectivity index (χ4v) is 4.09. The van der Waals surface area contributed by atoms with Crippen LogP contribution in [-0.2, 0) is 16.1 Å². The zero-order chi connectivity index (χ0) is 22.7. The van der Waals surface area contributed by atoms with E-state index in [1.165, 1.54) is 6.20 Å². The summed E-state index contributed by atoms with van der Waals surface area (Å²) >= 11 is 6.45. The molecule has 1 aliphatic heterocycles. The molecule has 0 spiro atoms. The Balaban J connectivity index is 1.72. The number of hydrogen-bond acceptors (Lipinski definition) is 5. The molecule has 1 aliphatic rings. The maximum absolute atomic E-state index is 12.7. The van der Waals surface area contributed by atoms with Crippen molar-refractivity contribution < 1.29 is 19.4 Å². The Morgan fingerprint density at radius 2 is 1.84 bits per heavy atom. The second kappa shape index (κ2) is 9.28. The van der Waals surface area contributed by atoms with Crippen LogP contribution in [-0.4, -0.2) is 26.9 Å². The summed E-state index contributed by atoms with van der Waals surface area (Å²) in [7, 11) is 0. The molecule has 2 aromatic carbocycles. The maximum Gasteiger partial charge on any atom is 0.435 e. The molecule has 2 heterocycles. The molecule has 1 unspecified atom stereocenters. The maximum atomic E-state index is 12.7. The van der Waals surface area contributed by atoms with Gasteiger partial charge in [0.15, 0.2) is 5.82 Å². The van der Waals surface area contributed by atoms with Crippen LogP contribution in [0.4, 0.5) is 10.6 Å². The number of anilines is 1. The monoisotopic (exact) mass is 451 g/mol. The number of benzene rings is 2. The number of aliphatic carboxylic acids is 1. The first-order chi connectivity index (χ1) is 15.5. The Hall–Kier alpha value is -3.58. The van der Waals surface area contributed by atoms with Gasteiger partial charge >= 0.3 is 12.1 Å². The minimum Gasteiger partial charge on any atom is -0.478 e. The molecule has 1 atom stereocenters. The van der Waals surface area contributed by atoms with Crippen molar-refractivity contribution in [3.05, 3.63) is 93.8 Å². The van der Waals surface area contributed by atoms with E-state index >= 15 is 0 Å². The van der Waals surface area contributed by atoms with E-state index in [0.717, 1.165) is 16.7 Å². The van der Waals surface area contributed by atoms with Gasteiger partial charge in [0.2, 0.25) is 0 Å². The molecular weight excluding hydrogens is 430 g/mol. The van der Waals surface area contributed by atoms with Crippen LogP contribution in [0, 0.1) is 0 Å². The Labute approximate surface area is 190 Å². The second-order valence-corrected chi connectivity index (χ2v) is 7.85. The van der Waals surface area contributed by atoms with Gasteiger partial charge in [0.05, 0.1) is 5.57 Å². The average molecular weight is 452 g/mol. The largest absolute Gasteiger partial charge is 0.478 e. The molecule has 8 heteroatoms. The number of allylic oxidation sites excluding steroid dienone is 1. The summed E-state index contributed by atoms with van der Waals surface area (Å²) in [5.41, 5.74) is 2.79. The second-order valence-electron chi connectivity index (χ2n) is 7.44. The van der Waals surface area contributed by atoms with Gasteiger partial charge in [0, 0.05) is 28.4 Å². The lowest BCUT2D eigenvalue weighted by Crippen LogP contribution is -2.23. The third-order valence-corrected chi connectivity index (χ3v) is 5.62. The normalized spacial score (nSPS) is 15.1. The number of ether oxygens (including phenoxy) is 1. The minimum atomic E-state index is -1.05. The SMILES string of the molecule is CCCC1=C(C(=O)O)C(c2ccccc2Cl)c2cn(C(=O)OCc3ccccc3)nc2N1. The number of carbonyl (C=O) groups is 2. The van der Waals surface area contributed by atoms with Crippen LogP contribution in [0.3, 0.4) is 0 Å². The molecule has 0 fully saturated rings. The van der Waals surface area contributed by atoms with Crippen molar-refractivity contribution >= 4 is 29.5 Å². The first-order valence-electron chi connectivity index (χ1n) is 10.3. The molecule has 0 bridgehead atoms. The highest BCUT2D eigenvalue weighted by Crippen LogP contribution is 2.44. The predicted molar refractivity (Wildman–Crippen MR) is 121 cm³/mol. The van der Waals surface area contributed by atoms with E-state index in [2.05, 4.69) is 10.4 Å². The van der Waals surface area contributed by atoms with Gasteiger partial charge < -0.3 is 15.2 Å². The third-order valence-electron chi connectivity index (χ3n) is 5.28. The lowest BCUT2D eigenvalue weighted by Gasteiger charge is -2.27. The number of carbonyl (C=O) groups excluding carboxylic acids is 1. The molecule has 0 radical (unpaired) electrons. The van der Waals surface area contributed by atoms with E-state index in [9.17, 15) is 14.7 Å². The van der Waals surface area contributed by atoms with E-state index in [4.69, 9.17) is 16.3 Å². The highest BCUT2D eigenvalue weighted by molar-refractivity contribution is 6.31. The Bertz CT molecular complexity index is 1190. The van der Waals surface area contributed by atoms with E-state index in [-0.39, 0.29) is 12.2 Å². The predicted octanol–water partition coefficient (Wildman–Crippen LogP) is 5.42. The van der Waals surface area contributed by atoms with Gasteiger partial charge in [-0.1, -0.05) is 73.5 Å². The molecule has 4 rings (SSSR count). The molecule has 7 nitrogen and oxygen atoms in total. The van der Waals surface area contributed by atoms with Crippen LogP contribution in [0.15, 0.2) is 72.1 Å². The summed E-state index contributed by atoms with van der Waals surface area (Å²) in [6, 6.07) is 16.4. The van der Waals surface area contributed by atoms with Crippen molar-refractivity contribution in [3.63, 3.8) is 0 Å². The lowest BCUT2D eigenvalue weighted by atomic mass is 9.82. The Kier molecular flexibility index (Phi) is 6.28. The van der Waals surface area contributed by atoms with Crippen molar-refractivity contribution in [2.45, 2.75) is 32.3 Å². The summed E-state index contributed by atoms with van der Waals surface area (Å²) in [5, 5.41) is 18.0. The highest BCUT2D eigenvalue weighted by atomic mass is 35.5. The van der Waals surface area contributed by atoms with Crippen LogP contribution >= 0.6 is 11.6 Å².